The average molecular weight is 432 g/mol. The van der Waals surface area contributed by atoms with E-state index in [1.165, 1.54) is 11.8 Å². The number of nitrogens with one attached hydrogen (secondary N) is 1. The van der Waals surface area contributed by atoms with Gasteiger partial charge in [0, 0.05) is 16.7 Å². The lowest BCUT2D eigenvalue weighted by atomic mass is 10.2. The van der Waals surface area contributed by atoms with Crippen molar-refractivity contribution in [3.05, 3.63) is 87.8 Å². The molecule has 0 bridgehead atoms. The zero-order valence-corrected chi connectivity index (χ0v) is 17.7. The molecule has 0 fully saturated rings. The van der Waals surface area contributed by atoms with E-state index in [1.54, 1.807) is 22.2 Å². The Kier molecular flexibility index (Phi) is 4.94. The molecule has 0 aliphatic rings. The van der Waals surface area contributed by atoms with Gasteiger partial charge < -0.3 is 4.98 Å². The van der Waals surface area contributed by atoms with E-state index >= 15 is 0 Å². The quantitative estimate of drug-likeness (QED) is 0.318. The van der Waals surface area contributed by atoms with Gasteiger partial charge in [0.25, 0.3) is 5.56 Å². The van der Waals surface area contributed by atoms with Crippen molar-refractivity contribution < 1.29 is 0 Å². The van der Waals surface area contributed by atoms with Crippen LogP contribution in [0.15, 0.2) is 76.1 Å². The normalized spacial score (nSPS) is 11.2. The van der Waals surface area contributed by atoms with E-state index in [0.717, 1.165) is 27.5 Å². The summed E-state index contributed by atoms with van der Waals surface area (Å²) in [4.78, 5) is 24.7. The van der Waals surface area contributed by atoms with Crippen molar-refractivity contribution in [2.24, 2.45) is 0 Å². The number of aromatic amines is 1. The van der Waals surface area contributed by atoms with Crippen molar-refractivity contribution in [2.75, 3.05) is 0 Å². The first-order valence-electron chi connectivity index (χ1n) is 9.35. The molecular weight excluding hydrogens is 414 g/mol. The van der Waals surface area contributed by atoms with Crippen LogP contribution in [0.25, 0.3) is 27.3 Å². The van der Waals surface area contributed by atoms with E-state index in [4.69, 9.17) is 4.98 Å². The summed E-state index contributed by atoms with van der Waals surface area (Å²) in [6, 6.07) is 18.1. The second-order valence-corrected chi connectivity index (χ2v) is 8.62. The first-order chi connectivity index (χ1) is 14.7. The third kappa shape index (κ3) is 3.67. The molecule has 3 aromatic heterocycles. The van der Waals surface area contributed by atoms with Gasteiger partial charge >= 0.3 is 0 Å². The molecule has 3 heterocycles. The number of aryl methyl sites for hydroxylation is 1. The SMILES string of the molecule is Cc1ccc(-n2ncc3c(=O)[nH]c(SCc4csc(-c5ccccc5)n4)nc32)cc1. The van der Waals surface area contributed by atoms with Crippen molar-refractivity contribution in [3.8, 4) is 16.3 Å². The van der Waals surface area contributed by atoms with Crippen LogP contribution in [0.5, 0.6) is 0 Å². The van der Waals surface area contributed by atoms with E-state index in [0.29, 0.717) is 21.9 Å². The van der Waals surface area contributed by atoms with Crippen molar-refractivity contribution >= 4 is 34.1 Å². The number of fused-ring (bicyclic) bond motifs is 1. The number of nitrogens with zero attached hydrogens (tertiary/aromatic N) is 4. The zero-order chi connectivity index (χ0) is 20.5. The molecule has 30 heavy (non-hydrogen) atoms. The molecule has 0 radical (unpaired) electrons. The van der Waals surface area contributed by atoms with E-state index in [9.17, 15) is 4.79 Å². The second kappa shape index (κ2) is 7.89. The van der Waals surface area contributed by atoms with Crippen LogP contribution in [0.2, 0.25) is 0 Å². The topological polar surface area (TPSA) is 76.5 Å². The lowest BCUT2D eigenvalue weighted by Crippen LogP contribution is -2.09. The summed E-state index contributed by atoms with van der Waals surface area (Å²) in [6.45, 7) is 2.03. The number of hydrogen-bond donors (Lipinski definition) is 1. The molecule has 0 aliphatic carbocycles. The van der Waals surface area contributed by atoms with Crippen LogP contribution in [0.1, 0.15) is 11.3 Å². The van der Waals surface area contributed by atoms with Crippen molar-refractivity contribution in [1.82, 2.24) is 24.7 Å². The summed E-state index contributed by atoms with van der Waals surface area (Å²) in [7, 11) is 0. The minimum atomic E-state index is -0.191. The number of rotatable bonds is 5. The highest BCUT2D eigenvalue weighted by Gasteiger charge is 2.13. The Morgan fingerprint density at radius 1 is 1.07 bits per heavy atom. The van der Waals surface area contributed by atoms with E-state index < -0.39 is 0 Å². The largest absolute Gasteiger partial charge is 0.301 e. The van der Waals surface area contributed by atoms with Crippen LogP contribution in [0.4, 0.5) is 0 Å². The van der Waals surface area contributed by atoms with Gasteiger partial charge in [-0.2, -0.15) is 5.10 Å². The second-order valence-electron chi connectivity index (χ2n) is 6.80. The fraction of sp³-hybridized carbons (Fsp3) is 0.0909. The monoisotopic (exact) mass is 431 g/mol. The van der Waals surface area contributed by atoms with E-state index in [2.05, 4.69) is 27.2 Å². The van der Waals surface area contributed by atoms with E-state index in [1.807, 2.05) is 54.8 Å². The van der Waals surface area contributed by atoms with Gasteiger partial charge in [-0.15, -0.1) is 11.3 Å². The summed E-state index contributed by atoms with van der Waals surface area (Å²) in [5.41, 5.74) is 4.46. The highest BCUT2D eigenvalue weighted by Crippen LogP contribution is 2.27. The van der Waals surface area contributed by atoms with Crippen molar-refractivity contribution in [1.29, 1.82) is 0 Å². The van der Waals surface area contributed by atoms with Crippen LogP contribution in [0, 0.1) is 6.92 Å². The summed E-state index contributed by atoms with van der Waals surface area (Å²) < 4.78 is 1.70. The third-order valence-electron chi connectivity index (χ3n) is 4.62. The van der Waals surface area contributed by atoms with Gasteiger partial charge in [-0.1, -0.05) is 59.8 Å². The number of hydrogen-bond acceptors (Lipinski definition) is 6. The number of H-pyrrole nitrogens is 1. The molecule has 148 valence electrons. The smallest absolute Gasteiger partial charge is 0.262 e. The molecule has 0 aliphatic heterocycles. The maximum Gasteiger partial charge on any atom is 0.262 e. The highest BCUT2D eigenvalue weighted by molar-refractivity contribution is 7.98. The Morgan fingerprint density at radius 3 is 2.67 bits per heavy atom. The molecule has 0 atom stereocenters. The molecule has 0 unspecified atom stereocenters. The number of aromatic nitrogens is 5. The van der Waals surface area contributed by atoms with Crippen LogP contribution in [0.3, 0.4) is 0 Å². The average Bonchev–Trinajstić information content (AvgIpc) is 3.41. The summed E-state index contributed by atoms with van der Waals surface area (Å²) >= 11 is 3.07. The predicted octanol–water partition coefficient (Wildman–Crippen LogP) is 4.83. The molecule has 8 heteroatoms. The first-order valence-corrected chi connectivity index (χ1v) is 11.2. The first kappa shape index (κ1) is 18.8. The number of thioether (sulfide) groups is 1. The Balaban J connectivity index is 1.41. The summed E-state index contributed by atoms with van der Waals surface area (Å²) in [5, 5.41) is 8.42. The summed E-state index contributed by atoms with van der Waals surface area (Å²) in [6.07, 6.45) is 1.56. The van der Waals surface area contributed by atoms with Crippen LogP contribution >= 0.6 is 23.1 Å². The minimum Gasteiger partial charge on any atom is -0.301 e. The molecule has 2 aromatic carbocycles. The predicted molar refractivity (Wildman–Crippen MR) is 121 cm³/mol. The van der Waals surface area contributed by atoms with Crippen molar-refractivity contribution in [3.63, 3.8) is 0 Å². The molecule has 0 spiro atoms. The van der Waals surface area contributed by atoms with Gasteiger partial charge in [-0.05, 0) is 19.1 Å². The van der Waals surface area contributed by atoms with Gasteiger partial charge in [0.05, 0.1) is 17.6 Å². The fourth-order valence-electron chi connectivity index (χ4n) is 3.07. The fourth-order valence-corrected chi connectivity index (χ4v) is 4.75. The van der Waals surface area contributed by atoms with Gasteiger partial charge in [-0.25, -0.2) is 14.6 Å². The number of benzene rings is 2. The molecule has 0 saturated heterocycles. The maximum absolute atomic E-state index is 12.5. The molecular formula is C22H17N5OS2. The van der Waals surface area contributed by atoms with Crippen molar-refractivity contribution in [2.45, 2.75) is 17.8 Å². The molecule has 5 aromatic rings. The standard InChI is InChI=1S/C22H17N5OS2/c1-14-7-9-17(10-8-14)27-19-18(11-23-27)20(28)26-22(25-19)30-13-16-12-29-21(24-16)15-5-3-2-4-6-15/h2-12H,13H2,1H3,(H,25,26,28). The number of thiazole rings is 1. The molecule has 1 N–H and O–H groups in total. The summed E-state index contributed by atoms with van der Waals surface area (Å²) in [5.74, 6) is 0.621. The van der Waals surface area contributed by atoms with Gasteiger partial charge in [-0.3, -0.25) is 4.79 Å². The third-order valence-corrected chi connectivity index (χ3v) is 6.47. The lowest BCUT2D eigenvalue weighted by Gasteiger charge is -2.04. The zero-order valence-electron chi connectivity index (χ0n) is 16.1. The Hall–Kier alpha value is -3.23. The highest BCUT2D eigenvalue weighted by atomic mass is 32.2. The van der Waals surface area contributed by atoms with Gasteiger partial charge in [0.15, 0.2) is 10.8 Å². The van der Waals surface area contributed by atoms with Gasteiger partial charge in [0.2, 0.25) is 0 Å². The molecule has 0 saturated carbocycles. The minimum absolute atomic E-state index is 0.191. The lowest BCUT2D eigenvalue weighted by molar-refractivity contribution is 0.872. The maximum atomic E-state index is 12.5. The van der Waals surface area contributed by atoms with Gasteiger partial charge in [0.1, 0.15) is 10.4 Å². The molecule has 0 amide bonds. The Bertz CT molecular complexity index is 1370. The van der Waals surface area contributed by atoms with E-state index in [-0.39, 0.29) is 5.56 Å². The van der Waals surface area contributed by atoms with Crippen LogP contribution in [-0.2, 0) is 5.75 Å². The molecule has 6 nitrogen and oxygen atoms in total. The molecule has 5 rings (SSSR count). The Labute approximate surface area is 180 Å². The van der Waals surface area contributed by atoms with Crippen LogP contribution in [-0.4, -0.2) is 24.7 Å². The Morgan fingerprint density at radius 2 is 1.87 bits per heavy atom. The van der Waals surface area contributed by atoms with Crippen LogP contribution < -0.4 is 5.56 Å².